The van der Waals surface area contributed by atoms with Gasteiger partial charge in [-0.05, 0) is 31.6 Å². The molecule has 0 heterocycles. The Morgan fingerprint density at radius 1 is 0.250 bits per heavy atom. The molecule has 0 spiro atoms. The van der Waals surface area contributed by atoms with Crippen molar-refractivity contribution in [1.29, 1.82) is 0 Å². The van der Waals surface area contributed by atoms with Crippen molar-refractivity contribution in [2.75, 3.05) is 39.6 Å². The lowest BCUT2D eigenvalue weighted by Crippen LogP contribution is -2.30. The first-order valence-electron chi connectivity index (χ1n) is 46.1. The monoisotopic (exact) mass is 1580 g/mol. The maximum atomic E-state index is 13.2. The van der Waals surface area contributed by atoms with Crippen molar-refractivity contribution in [3.63, 3.8) is 0 Å². The first-order valence-corrected chi connectivity index (χ1v) is 49.1. The number of aliphatic hydroxyl groups is 1. The molecule has 0 saturated carbocycles. The van der Waals surface area contributed by atoms with Crippen molar-refractivity contribution in [3.05, 3.63) is 0 Å². The van der Waals surface area contributed by atoms with Gasteiger partial charge in [0, 0.05) is 25.7 Å². The van der Waals surface area contributed by atoms with E-state index in [1.165, 1.54) is 308 Å². The highest BCUT2D eigenvalue weighted by Crippen LogP contribution is 2.45. The number of carbonyl (C=O) groups excluding carboxylic acids is 4. The van der Waals surface area contributed by atoms with Crippen LogP contribution in [0.4, 0.5) is 0 Å². The number of carbonyl (C=O) groups is 4. The molecule has 0 aromatic carbocycles. The van der Waals surface area contributed by atoms with Gasteiger partial charge in [-0.15, -0.1) is 0 Å². The quantitative estimate of drug-likeness (QED) is 0.0222. The van der Waals surface area contributed by atoms with Crippen LogP contribution >= 0.6 is 15.6 Å². The molecule has 0 aliphatic rings. The van der Waals surface area contributed by atoms with Gasteiger partial charge in [-0.25, -0.2) is 9.13 Å². The first-order chi connectivity index (χ1) is 52.5. The van der Waals surface area contributed by atoms with E-state index in [9.17, 15) is 43.2 Å². The van der Waals surface area contributed by atoms with Crippen LogP contribution in [0.3, 0.4) is 0 Å². The molecule has 19 heteroatoms. The van der Waals surface area contributed by atoms with Gasteiger partial charge in [-0.2, -0.15) is 0 Å². The van der Waals surface area contributed by atoms with Crippen LogP contribution in [-0.2, 0) is 65.4 Å². The second kappa shape index (κ2) is 81.6. The molecule has 0 rings (SSSR count). The summed E-state index contributed by atoms with van der Waals surface area (Å²) in [5, 5.41) is 10.7. The molecule has 2 unspecified atom stereocenters. The summed E-state index contributed by atoms with van der Waals surface area (Å²) in [5.41, 5.74) is 0. The van der Waals surface area contributed by atoms with Gasteiger partial charge in [-0.3, -0.25) is 37.3 Å². The lowest BCUT2D eigenvalue weighted by molar-refractivity contribution is -0.161. The fourth-order valence-corrected chi connectivity index (χ4v) is 15.6. The van der Waals surface area contributed by atoms with E-state index in [-0.39, 0.29) is 25.7 Å². The molecule has 0 aromatic heterocycles. The average Bonchev–Trinajstić information content (AvgIpc) is 0.900. The summed E-state index contributed by atoms with van der Waals surface area (Å²) in [6, 6.07) is 0. The minimum atomic E-state index is -4.97. The Balaban J connectivity index is 5.22. The van der Waals surface area contributed by atoms with Crippen molar-refractivity contribution in [1.82, 2.24) is 0 Å². The van der Waals surface area contributed by atoms with Crippen LogP contribution in [0.1, 0.15) is 484 Å². The van der Waals surface area contributed by atoms with Gasteiger partial charge in [0.2, 0.25) is 0 Å². The molecule has 0 amide bonds. The molecule has 0 bridgehead atoms. The maximum absolute atomic E-state index is 13.2. The fourth-order valence-electron chi connectivity index (χ4n) is 14.0. The molecule has 642 valence electrons. The van der Waals surface area contributed by atoms with Crippen LogP contribution in [0.5, 0.6) is 0 Å². The van der Waals surface area contributed by atoms with E-state index in [1.54, 1.807) is 0 Å². The molecule has 3 N–H and O–H groups in total. The Morgan fingerprint density at radius 3 is 0.630 bits per heavy atom. The van der Waals surface area contributed by atoms with Gasteiger partial charge in [0.15, 0.2) is 12.2 Å². The summed E-state index contributed by atoms with van der Waals surface area (Å²) in [4.78, 5) is 73.3. The van der Waals surface area contributed by atoms with Gasteiger partial charge >= 0.3 is 39.5 Å². The van der Waals surface area contributed by atoms with Crippen molar-refractivity contribution in [2.45, 2.75) is 502 Å². The number of aliphatic hydroxyl groups excluding tert-OH is 1. The predicted molar refractivity (Wildman–Crippen MR) is 446 cm³/mol. The third-order valence-electron chi connectivity index (χ3n) is 21.0. The van der Waals surface area contributed by atoms with Crippen LogP contribution in [0.15, 0.2) is 0 Å². The molecule has 0 aliphatic carbocycles. The van der Waals surface area contributed by atoms with Gasteiger partial charge in [0.05, 0.1) is 26.4 Å². The van der Waals surface area contributed by atoms with Gasteiger partial charge in [0.1, 0.15) is 19.3 Å². The minimum absolute atomic E-state index is 0.108. The summed E-state index contributed by atoms with van der Waals surface area (Å²) in [6.45, 7) is 7.34. The SMILES string of the molecule is CCCCCCCCCCCCCCCCCCCCCCCCC(=O)O[C@H](COC(=O)CCCCCCCCCCCCCCCCCCCCCC)COP(=O)(O)OC[C@@H](O)COP(=O)(O)OC[C@@H](COC(=O)CCCCCCCCCCC(C)C)OC(=O)CCCCCCCCCCCCCCCCC. The second-order valence-electron chi connectivity index (χ2n) is 32.5. The highest BCUT2D eigenvalue weighted by Gasteiger charge is 2.30. The van der Waals surface area contributed by atoms with Crippen LogP contribution in [-0.4, -0.2) is 96.7 Å². The van der Waals surface area contributed by atoms with E-state index in [2.05, 4.69) is 34.6 Å². The Bertz CT molecular complexity index is 2050. The number of unbranched alkanes of at least 4 members (excludes halogenated alkanes) is 61. The Morgan fingerprint density at radius 2 is 0.426 bits per heavy atom. The normalized spacial score (nSPS) is 13.7. The lowest BCUT2D eigenvalue weighted by atomic mass is 10.0. The zero-order valence-electron chi connectivity index (χ0n) is 71.0. The fraction of sp³-hybridized carbons (Fsp3) is 0.955. The number of rotatable bonds is 89. The van der Waals surface area contributed by atoms with Crippen molar-refractivity contribution in [3.8, 4) is 0 Å². The smallest absolute Gasteiger partial charge is 0.462 e. The number of phosphoric ester groups is 2. The largest absolute Gasteiger partial charge is 0.472 e. The molecule has 108 heavy (non-hydrogen) atoms. The lowest BCUT2D eigenvalue weighted by Gasteiger charge is -2.21. The highest BCUT2D eigenvalue weighted by molar-refractivity contribution is 7.47. The molecule has 0 fully saturated rings. The molecule has 17 nitrogen and oxygen atoms in total. The van der Waals surface area contributed by atoms with E-state index in [4.69, 9.17) is 37.0 Å². The summed E-state index contributed by atoms with van der Waals surface area (Å²) in [5.74, 6) is -1.37. The molecule has 5 atom stereocenters. The standard InChI is InChI=1S/C89H174O17P2/c1-6-9-12-15-18-21-24-27-30-32-34-36-37-39-41-44-47-50-53-60-65-70-75-88(93)105-84(78-99-86(91)72-67-62-57-51-48-45-43-40-38-35-33-31-28-25-22-19-16-13-10-7-2)80-103-107(95,96)101-76-83(90)77-102-108(97,98)104-81-85(79-100-87(92)73-68-63-58-55-54-56-61-66-71-82(4)5)106-89(94)74-69-64-59-52-49-46-42-29-26-23-20-17-14-11-8-3/h82-85,90H,6-81H2,1-5H3,(H,95,96)(H,97,98)/t83-,84-,85-/m1/s1. The zero-order chi connectivity index (χ0) is 79.0. The molecule has 0 radical (unpaired) electrons. The van der Waals surface area contributed by atoms with Crippen LogP contribution < -0.4 is 0 Å². The Kier molecular flexibility index (Phi) is 80.2. The summed E-state index contributed by atoms with van der Waals surface area (Å²) in [6.07, 6.45) is 76.6. The zero-order valence-corrected chi connectivity index (χ0v) is 72.8. The van der Waals surface area contributed by atoms with E-state index < -0.39 is 97.5 Å². The number of ether oxygens (including phenoxy) is 4. The Labute approximate surface area is 664 Å². The molecular formula is C89H174O17P2. The molecule has 0 aromatic rings. The summed E-state index contributed by atoms with van der Waals surface area (Å²) in [7, 11) is -9.93. The van der Waals surface area contributed by atoms with E-state index >= 15 is 0 Å². The number of esters is 4. The third-order valence-corrected chi connectivity index (χ3v) is 22.9. The maximum Gasteiger partial charge on any atom is 0.472 e. The summed E-state index contributed by atoms with van der Waals surface area (Å²) >= 11 is 0. The average molecular weight is 1580 g/mol. The Hall–Kier alpha value is -1.94. The van der Waals surface area contributed by atoms with Crippen LogP contribution in [0.25, 0.3) is 0 Å². The second-order valence-corrected chi connectivity index (χ2v) is 35.4. The van der Waals surface area contributed by atoms with Gasteiger partial charge in [0.25, 0.3) is 0 Å². The highest BCUT2D eigenvalue weighted by atomic mass is 31.2. The number of phosphoric acid groups is 2. The number of hydrogen-bond donors (Lipinski definition) is 3. The van der Waals surface area contributed by atoms with Crippen LogP contribution in [0, 0.1) is 5.92 Å². The third kappa shape index (κ3) is 82.1. The van der Waals surface area contributed by atoms with E-state index in [1.807, 2.05) is 0 Å². The molecule has 0 aliphatic heterocycles. The van der Waals surface area contributed by atoms with Crippen LogP contribution in [0.2, 0.25) is 0 Å². The van der Waals surface area contributed by atoms with E-state index in [0.717, 1.165) is 95.8 Å². The van der Waals surface area contributed by atoms with Gasteiger partial charge in [-0.1, -0.05) is 433 Å². The topological polar surface area (TPSA) is 237 Å². The number of hydrogen-bond acceptors (Lipinski definition) is 15. The minimum Gasteiger partial charge on any atom is -0.462 e. The summed E-state index contributed by atoms with van der Waals surface area (Å²) < 4.78 is 69.0. The van der Waals surface area contributed by atoms with E-state index in [0.29, 0.717) is 25.7 Å². The predicted octanol–water partition coefficient (Wildman–Crippen LogP) is 27.5. The molecular weight excluding hydrogens is 1400 g/mol. The first kappa shape index (κ1) is 106. The van der Waals surface area contributed by atoms with Crippen molar-refractivity contribution in [2.24, 2.45) is 5.92 Å². The molecule has 0 saturated heterocycles. The van der Waals surface area contributed by atoms with Crippen molar-refractivity contribution >= 4 is 39.5 Å². The van der Waals surface area contributed by atoms with Gasteiger partial charge < -0.3 is 33.8 Å². The van der Waals surface area contributed by atoms with Crippen molar-refractivity contribution < 1.29 is 80.2 Å².